The molecule has 4 rings (SSSR count). The summed E-state index contributed by atoms with van der Waals surface area (Å²) in [4.78, 5) is 16.7. The Bertz CT molecular complexity index is 1230. The molecule has 0 atom stereocenters. The zero-order valence-corrected chi connectivity index (χ0v) is 21.1. The fraction of sp³-hybridized carbons (Fsp3) is 0.308. The van der Waals surface area contributed by atoms with Crippen molar-refractivity contribution in [3.8, 4) is 17.2 Å². The van der Waals surface area contributed by atoms with Gasteiger partial charge in [0, 0.05) is 0 Å². The summed E-state index contributed by atoms with van der Waals surface area (Å²) in [6.45, 7) is 9.10. The Balaban J connectivity index is 1.47. The van der Waals surface area contributed by atoms with Crippen molar-refractivity contribution in [3.63, 3.8) is 0 Å². The topological polar surface area (TPSA) is 96.6 Å². The first-order valence-corrected chi connectivity index (χ1v) is 12.3. The smallest absolute Gasteiger partial charge is 0.283 e. The normalized spacial score (nSPS) is 16.2. The van der Waals surface area contributed by atoms with Crippen molar-refractivity contribution in [2.45, 2.75) is 34.1 Å². The van der Waals surface area contributed by atoms with Gasteiger partial charge < -0.3 is 14.2 Å². The van der Waals surface area contributed by atoms with Crippen LogP contribution in [0.5, 0.6) is 17.2 Å². The number of para-hydroxylation sites is 1. The van der Waals surface area contributed by atoms with E-state index in [4.69, 9.17) is 19.6 Å². The SMILES string of the molecule is CCOc1cc(/C=C2/C(=N)N3N=C(CC)SC3=NC2=O)ccc1OCCOc1c(C)cccc1C. The monoisotopic (exact) mass is 492 g/mol. The van der Waals surface area contributed by atoms with E-state index in [9.17, 15) is 4.79 Å². The first kappa shape index (κ1) is 24.5. The number of hydrogen-bond acceptors (Lipinski definition) is 7. The number of hydrogen-bond donors (Lipinski definition) is 1. The van der Waals surface area contributed by atoms with Gasteiger partial charge in [-0.2, -0.15) is 15.1 Å². The largest absolute Gasteiger partial charge is 0.490 e. The van der Waals surface area contributed by atoms with Crippen LogP contribution in [-0.4, -0.2) is 46.8 Å². The molecule has 0 radical (unpaired) electrons. The highest BCUT2D eigenvalue weighted by Gasteiger charge is 2.35. The number of benzene rings is 2. The number of ether oxygens (including phenoxy) is 3. The van der Waals surface area contributed by atoms with Gasteiger partial charge in [0.15, 0.2) is 17.3 Å². The average molecular weight is 493 g/mol. The molecule has 0 fully saturated rings. The Hall–Kier alpha value is -3.59. The first-order valence-electron chi connectivity index (χ1n) is 11.5. The Kier molecular flexibility index (Phi) is 7.55. The summed E-state index contributed by atoms with van der Waals surface area (Å²) in [7, 11) is 0. The van der Waals surface area contributed by atoms with Gasteiger partial charge in [-0.1, -0.05) is 31.2 Å². The third-order valence-electron chi connectivity index (χ3n) is 5.37. The molecule has 0 unspecified atom stereocenters. The zero-order valence-electron chi connectivity index (χ0n) is 20.3. The number of fused-ring (bicyclic) bond motifs is 1. The second kappa shape index (κ2) is 10.8. The summed E-state index contributed by atoms with van der Waals surface area (Å²) in [6.07, 6.45) is 2.35. The molecule has 0 spiro atoms. The van der Waals surface area contributed by atoms with Crippen LogP contribution in [0.1, 0.15) is 37.0 Å². The van der Waals surface area contributed by atoms with Crippen LogP contribution in [0.15, 0.2) is 52.1 Å². The Morgan fingerprint density at radius 1 is 1.03 bits per heavy atom. The third-order valence-corrected chi connectivity index (χ3v) is 6.43. The highest BCUT2D eigenvalue weighted by Crippen LogP contribution is 2.32. The van der Waals surface area contributed by atoms with Crippen molar-refractivity contribution in [3.05, 3.63) is 58.7 Å². The molecule has 35 heavy (non-hydrogen) atoms. The van der Waals surface area contributed by atoms with Crippen LogP contribution >= 0.6 is 11.8 Å². The Morgan fingerprint density at radius 2 is 1.77 bits per heavy atom. The molecule has 1 amide bonds. The first-order chi connectivity index (χ1) is 16.9. The number of carbonyl (C=O) groups excluding carboxylic acids is 1. The van der Waals surface area contributed by atoms with E-state index < -0.39 is 5.91 Å². The lowest BCUT2D eigenvalue weighted by molar-refractivity contribution is -0.114. The third kappa shape index (κ3) is 5.40. The molecule has 0 aliphatic carbocycles. The summed E-state index contributed by atoms with van der Waals surface area (Å²) < 4.78 is 17.6. The number of nitrogens with zero attached hydrogens (tertiary/aromatic N) is 3. The molecular weight excluding hydrogens is 464 g/mol. The number of aryl methyl sites for hydroxylation is 2. The average Bonchev–Trinajstić information content (AvgIpc) is 3.25. The van der Waals surface area contributed by atoms with Crippen LogP contribution in [-0.2, 0) is 4.79 Å². The van der Waals surface area contributed by atoms with Gasteiger partial charge in [0.1, 0.15) is 24.0 Å². The van der Waals surface area contributed by atoms with Crippen LogP contribution in [0, 0.1) is 19.3 Å². The van der Waals surface area contributed by atoms with Crippen LogP contribution in [0.2, 0.25) is 0 Å². The van der Waals surface area contributed by atoms with E-state index in [1.807, 2.05) is 52.0 Å². The summed E-state index contributed by atoms with van der Waals surface area (Å²) in [5.74, 6) is 1.56. The fourth-order valence-electron chi connectivity index (χ4n) is 3.67. The Labute approximate surface area is 209 Å². The molecule has 2 aliphatic rings. The Morgan fingerprint density at radius 3 is 2.49 bits per heavy atom. The molecule has 2 aromatic carbocycles. The number of amides is 1. The molecule has 2 aliphatic heterocycles. The molecule has 182 valence electrons. The minimum absolute atomic E-state index is 0.0119. The molecule has 0 saturated carbocycles. The van der Waals surface area contributed by atoms with Gasteiger partial charge >= 0.3 is 0 Å². The van der Waals surface area contributed by atoms with Crippen molar-refractivity contribution < 1.29 is 19.0 Å². The lowest BCUT2D eigenvalue weighted by Crippen LogP contribution is -2.35. The number of nitrogens with one attached hydrogen (secondary N) is 1. The maximum Gasteiger partial charge on any atom is 0.283 e. The van der Waals surface area contributed by atoms with Crippen LogP contribution in [0.3, 0.4) is 0 Å². The van der Waals surface area contributed by atoms with Crippen LogP contribution in [0.4, 0.5) is 0 Å². The van der Waals surface area contributed by atoms with Crippen molar-refractivity contribution in [1.29, 1.82) is 5.41 Å². The standard InChI is InChI=1S/C26H28N4O4S/c1-5-22-29-30-24(27)19(25(31)28-26(30)35-22)14-18-10-11-20(21(15-18)32-6-2)33-12-13-34-23-16(3)8-7-9-17(23)4/h7-11,14-15,27H,5-6,12-13H2,1-4H3/b19-14-,27-24?. The molecule has 0 aromatic heterocycles. The minimum atomic E-state index is -0.455. The van der Waals surface area contributed by atoms with Gasteiger partial charge in [0.05, 0.1) is 12.2 Å². The lowest BCUT2D eigenvalue weighted by atomic mass is 10.1. The second-order valence-corrected chi connectivity index (χ2v) is 8.96. The highest BCUT2D eigenvalue weighted by atomic mass is 32.2. The van der Waals surface area contributed by atoms with E-state index in [0.717, 1.165) is 28.3 Å². The van der Waals surface area contributed by atoms with Gasteiger partial charge in [-0.25, -0.2) is 0 Å². The van der Waals surface area contributed by atoms with Crippen molar-refractivity contribution in [2.24, 2.45) is 10.1 Å². The number of rotatable bonds is 9. The number of aliphatic imine (C=N–C) groups is 1. The van der Waals surface area contributed by atoms with Crippen molar-refractivity contribution >= 4 is 39.8 Å². The van der Waals surface area contributed by atoms with E-state index in [2.05, 4.69) is 10.1 Å². The second-order valence-electron chi connectivity index (χ2n) is 7.92. The number of carbonyl (C=O) groups is 1. The van der Waals surface area contributed by atoms with Gasteiger partial charge in [0.25, 0.3) is 5.91 Å². The van der Waals surface area contributed by atoms with Gasteiger partial charge in [0.2, 0.25) is 5.17 Å². The van der Waals surface area contributed by atoms with Crippen molar-refractivity contribution in [2.75, 3.05) is 19.8 Å². The number of hydrazone groups is 1. The summed E-state index contributed by atoms with van der Waals surface area (Å²) >= 11 is 1.32. The van der Waals surface area contributed by atoms with E-state index in [1.165, 1.54) is 16.8 Å². The van der Waals surface area contributed by atoms with E-state index >= 15 is 0 Å². The molecular formula is C26H28N4O4S. The fourth-order valence-corrected chi connectivity index (χ4v) is 4.49. The van der Waals surface area contributed by atoms with E-state index in [-0.39, 0.29) is 11.4 Å². The molecule has 2 heterocycles. The highest BCUT2D eigenvalue weighted by molar-refractivity contribution is 8.26. The molecule has 2 aromatic rings. The summed E-state index contributed by atoms with van der Waals surface area (Å²) in [6, 6.07) is 11.4. The molecule has 1 N–H and O–H groups in total. The molecule has 8 nitrogen and oxygen atoms in total. The summed E-state index contributed by atoms with van der Waals surface area (Å²) in [5.41, 5.74) is 3.04. The lowest BCUT2D eigenvalue weighted by Gasteiger charge is -2.20. The quantitative estimate of drug-likeness (QED) is 0.382. The maximum absolute atomic E-state index is 12.6. The summed E-state index contributed by atoms with van der Waals surface area (Å²) in [5, 5.41) is 15.5. The molecule has 0 saturated heterocycles. The van der Waals surface area contributed by atoms with Crippen LogP contribution in [0.25, 0.3) is 6.08 Å². The number of amidine groups is 2. The zero-order chi connectivity index (χ0) is 24.9. The van der Waals surface area contributed by atoms with Gasteiger partial charge in [-0.3, -0.25) is 10.2 Å². The van der Waals surface area contributed by atoms with E-state index in [1.54, 1.807) is 18.2 Å². The van der Waals surface area contributed by atoms with Crippen LogP contribution < -0.4 is 14.2 Å². The minimum Gasteiger partial charge on any atom is -0.490 e. The van der Waals surface area contributed by atoms with Gasteiger partial charge in [-0.15, -0.1) is 0 Å². The van der Waals surface area contributed by atoms with Gasteiger partial charge in [-0.05, 0) is 73.9 Å². The molecule has 0 bridgehead atoms. The maximum atomic E-state index is 12.6. The number of thioether (sulfide) groups is 1. The molecule has 9 heteroatoms. The van der Waals surface area contributed by atoms with Crippen molar-refractivity contribution in [1.82, 2.24) is 5.01 Å². The predicted octanol–water partition coefficient (Wildman–Crippen LogP) is 5.19. The van der Waals surface area contributed by atoms with E-state index in [0.29, 0.717) is 42.1 Å². The predicted molar refractivity (Wildman–Crippen MR) is 140 cm³/mol.